The van der Waals surface area contributed by atoms with Crippen molar-refractivity contribution in [3.63, 3.8) is 0 Å². The highest BCUT2D eigenvalue weighted by Crippen LogP contribution is 2.30. The number of pyridine rings is 1. The van der Waals surface area contributed by atoms with Gasteiger partial charge in [-0.1, -0.05) is 72.0 Å². The molecule has 0 radical (unpaired) electrons. The number of nitrogens with zero attached hydrogens (tertiary/aromatic N) is 3. The van der Waals surface area contributed by atoms with Crippen LogP contribution in [-0.4, -0.2) is 39.9 Å². The number of carbonyl (C=O) groups is 2. The van der Waals surface area contributed by atoms with Crippen LogP contribution in [0.15, 0.2) is 78.9 Å². The van der Waals surface area contributed by atoms with E-state index >= 15 is 0 Å². The van der Waals surface area contributed by atoms with Gasteiger partial charge in [-0.25, -0.2) is 9.78 Å². The number of para-hydroxylation sites is 2. The van der Waals surface area contributed by atoms with E-state index in [1.807, 2.05) is 66.7 Å². The molecule has 2 aromatic heterocycles. The Labute approximate surface area is 217 Å². The van der Waals surface area contributed by atoms with Gasteiger partial charge in [-0.2, -0.15) is 0 Å². The minimum absolute atomic E-state index is 0.395. The van der Waals surface area contributed by atoms with Gasteiger partial charge in [0.2, 0.25) is 0 Å². The van der Waals surface area contributed by atoms with Crippen molar-refractivity contribution < 1.29 is 14.3 Å². The summed E-state index contributed by atoms with van der Waals surface area (Å²) in [5, 5.41) is 3.96. The molecule has 1 N–H and O–H groups in total. The van der Waals surface area contributed by atoms with Crippen LogP contribution < -0.4 is 5.32 Å². The van der Waals surface area contributed by atoms with Crippen LogP contribution >= 0.6 is 11.3 Å². The van der Waals surface area contributed by atoms with Crippen LogP contribution in [-0.2, 0) is 29.0 Å². The van der Waals surface area contributed by atoms with Crippen molar-refractivity contribution in [1.82, 2.24) is 14.9 Å². The second kappa shape index (κ2) is 10.1. The lowest BCUT2D eigenvalue weighted by atomic mass is 9.95. The first kappa shape index (κ1) is 23.3. The van der Waals surface area contributed by atoms with E-state index in [2.05, 4.69) is 27.3 Å². The Morgan fingerprint density at radius 2 is 1.68 bits per heavy atom. The number of rotatable bonds is 6. The number of anilines is 1. The van der Waals surface area contributed by atoms with Crippen molar-refractivity contribution >= 4 is 49.5 Å². The van der Waals surface area contributed by atoms with Crippen molar-refractivity contribution in [2.75, 3.05) is 18.5 Å². The van der Waals surface area contributed by atoms with E-state index in [0.717, 1.165) is 51.9 Å². The Hall–Kier alpha value is -4.14. The molecule has 1 aliphatic rings. The van der Waals surface area contributed by atoms with Gasteiger partial charge in [0.05, 0.1) is 21.3 Å². The van der Waals surface area contributed by atoms with E-state index in [4.69, 9.17) is 9.72 Å². The van der Waals surface area contributed by atoms with E-state index in [1.165, 1.54) is 16.9 Å². The zero-order valence-electron chi connectivity index (χ0n) is 20.0. The lowest BCUT2D eigenvalue weighted by molar-refractivity contribution is -0.119. The molecule has 8 heteroatoms. The third-order valence-corrected chi connectivity index (χ3v) is 7.41. The molecule has 0 spiro atoms. The van der Waals surface area contributed by atoms with Gasteiger partial charge in [-0.05, 0) is 23.8 Å². The first-order chi connectivity index (χ1) is 18.1. The first-order valence-electron chi connectivity index (χ1n) is 12.1. The van der Waals surface area contributed by atoms with Crippen molar-refractivity contribution in [1.29, 1.82) is 0 Å². The van der Waals surface area contributed by atoms with Gasteiger partial charge in [0.25, 0.3) is 5.91 Å². The second-order valence-electron chi connectivity index (χ2n) is 8.99. The van der Waals surface area contributed by atoms with Crippen molar-refractivity contribution in [2.45, 2.75) is 19.5 Å². The molecule has 7 nitrogen and oxygen atoms in total. The second-order valence-corrected chi connectivity index (χ2v) is 10.0. The van der Waals surface area contributed by atoms with Crippen molar-refractivity contribution in [3.8, 4) is 0 Å². The van der Waals surface area contributed by atoms with E-state index < -0.39 is 18.5 Å². The molecular formula is C29H24N4O3S. The third kappa shape index (κ3) is 4.94. The van der Waals surface area contributed by atoms with Crippen molar-refractivity contribution in [3.05, 3.63) is 101 Å². The van der Waals surface area contributed by atoms with Crippen LogP contribution in [0.5, 0.6) is 0 Å². The molecule has 6 rings (SSSR count). The summed E-state index contributed by atoms with van der Waals surface area (Å²) < 4.78 is 6.52. The highest BCUT2D eigenvalue weighted by atomic mass is 32.1. The number of ether oxygens (including phenoxy) is 1. The topological polar surface area (TPSA) is 84.4 Å². The van der Waals surface area contributed by atoms with Crippen molar-refractivity contribution in [2.24, 2.45) is 0 Å². The molecule has 0 aliphatic carbocycles. The number of carbonyl (C=O) groups excluding carboxylic acids is 2. The summed E-state index contributed by atoms with van der Waals surface area (Å²) in [5.41, 5.74) is 5.06. The fourth-order valence-corrected chi connectivity index (χ4v) is 5.62. The summed E-state index contributed by atoms with van der Waals surface area (Å²) in [5.74, 6) is -0.943. The van der Waals surface area contributed by atoms with Gasteiger partial charge >= 0.3 is 5.97 Å². The Balaban J connectivity index is 1.22. The molecule has 3 heterocycles. The minimum Gasteiger partial charge on any atom is -0.452 e. The standard InChI is InChI=1S/C29H24N4O3S/c34-26(32-29-31-24-12-6-7-13-25(24)37-29)18-36-28(35)27-20-10-4-5-11-22(20)30-23-14-15-33(17-21(23)27)16-19-8-2-1-3-9-19/h1-13H,14-18H2,(H,31,32,34). The molecule has 5 aromatic rings. The summed E-state index contributed by atoms with van der Waals surface area (Å²) in [6, 6.07) is 25.5. The number of amides is 1. The predicted molar refractivity (Wildman–Crippen MR) is 145 cm³/mol. The summed E-state index contributed by atoms with van der Waals surface area (Å²) in [4.78, 5) is 37.6. The Morgan fingerprint density at radius 3 is 2.51 bits per heavy atom. The molecule has 0 saturated carbocycles. The summed E-state index contributed by atoms with van der Waals surface area (Å²) in [7, 11) is 0. The maximum absolute atomic E-state index is 13.4. The molecule has 0 atom stereocenters. The van der Waals surface area contributed by atoms with Gasteiger partial charge in [0.15, 0.2) is 11.7 Å². The SMILES string of the molecule is O=C(COC(=O)c1c2c(nc3ccccc13)CCN(Cc1ccccc1)C2)Nc1nc2ccccc2s1. The van der Waals surface area contributed by atoms with Crippen LogP contribution in [0, 0.1) is 0 Å². The average Bonchev–Trinajstić information content (AvgIpc) is 3.33. The quantitative estimate of drug-likeness (QED) is 0.318. The summed E-state index contributed by atoms with van der Waals surface area (Å²) >= 11 is 1.38. The van der Waals surface area contributed by atoms with Crippen LogP contribution in [0.3, 0.4) is 0 Å². The van der Waals surface area contributed by atoms with Gasteiger partial charge in [-0.15, -0.1) is 0 Å². The third-order valence-electron chi connectivity index (χ3n) is 6.45. The molecule has 0 unspecified atom stereocenters. The van der Waals surface area contributed by atoms with E-state index in [9.17, 15) is 9.59 Å². The zero-order chi connectivity index (χ0) is 25.2. The van der Waals surface area contributed by atoms with E-state index in [-0.39, 0.29) is 0 Å². The summed E-state index contributed by atoms with van der Waals surface area (Å²) in [6.07, 6.45) is 0.741. The number of fused-ring (bicyclic) bond motifs is 3. The maximum Gasteiger partial charge on any atom is 0.339 e. The summed E-state index contributed by atoms with van der Waals surface area (Å²) in [6.45, 7) is 1.83. The van der Waals surface area contributed by atoms with Gasteiger partial charge in [0.1, 0.15) is 0 Å². The molecule has 37 heavy (non-hydrogen) atoms. The number of esters is 1. The fourth-order valence-electron chi connectivity index (χ4n) is 4.74. The number of hydrogen-bond acceptors (Lipinski definition) is 7. The molecule has 3 aromatic carbocycles. The monoisotopic (exact) mass is 508 g/mol. The smallest absolute Gasteiger partial charge is 0.339 e. The first-order valence-corrected chi connectivity index (χ1v) is 12.9. The Morgan fingerprint density at radius 1 is 0.919 bits per heavy atom. The predicted octanol–water partition coefficient (Wildman–Crippen LogP) is 5.20. The van der Waals surface area contributed by atoms with Gasteiger partial charge < -0.3 is 4.74 Å². The van der Waals surface area contributed by atoms with Gasteiger partial charge in [-0.3, -0.25) is 20.0 Å². The van der Waals surface area contributed by atoms with Crippen LogP contribution in [0.1, 0.15) is 27.2 Å². The number of nitrogens with one attached hydrogen (secondary N) is 1. The lowest BCUT2D eigenvalue weighted by Crippen LogP contribution is -2.32. The number of thiazole rings is 1. The lowest BCUT2D eigenvalue weighted by Gasteiger charge is -2.30. The molecule has 0 fully saturated rings. The molecule has 184 valence electrons. The normalized spacial score (nSPS) is 13.4. The largest absolute Gasteiger partial charge is 0.452 e. The fraction of sp³-hybridized carbons (Fsp3) is 0.172. The minimum atomic E-state index is -0.518. The van der Waals surface area contributed by atoms with E-state index in [1.54, 1.807) is 0 Å². The highest BCUT2D eigenvalue weighted by molar-refractivity contribution is 7.22. The van der Waals surface area contributed by atoms with Crippen LogP contribution in [0.4, 0.5) is 5.13 Å². The zero-order valence-corrected chi connectivity index (χ0v) is 20.8. The molecule has 0 bridgehead atoms. The Kier molecular flexibility index (Phi) is 6.34. The Bertz CT molecular complexity index is 1580. The number of aromatic nitrogens is 2. The van der Waals surface area contributed by atoms with E-state index in [0.29, 0.717) is 17.2 Å². The molecular weight excluding hydrogens is 484 g/mol. The molecule has 1 amide bonds. The number of benzene rings is 3. The van der Waals surface area contributed by atoms with Gasteiger partial charge in [0, 0.05) is 42.7 Å². The maximum atomic E-state index is 13.4. The molecule has 0 saturated heterocycles. The molecule has 1 aliphatic heterocycles. The average molecular weight is 509 g/mol. The highest BCUT2D eigenvalue weighted by Gasteiger charge is 2.27. The van der Waals surface area contributed by atoms with Crippen LogP contribution in [0.25, 0.3) is 21.1 Å². The number of hydrogen-bond donors (Lipinski definition) is 1. The van der Waals surface area contributed by atoms with Crippen LogP contribution in [0.2, 0.25) is 0 Å².